The highest BCUT2D eigenvalue weighted by atomic mass is 16.5. The molecule has 0 aliphatic carbocycles. The summed E-state index contributed by atoms with van der Waals surface area (Å²) in [5.74, 6) is 0.681. The summed E-state index contributed by atoms with van der Waals surface area (Å²) >= 11 is 0. The van der Waals surface area contributed by atoms with Crippen LogP contribution >= 0.6 is 0 Å². The Bertz CT molecular complexity index is 721. The third kappa shape index (κ3) is 4.87. The third-order valence-corrected chi connectivity index (χ3v) is 5.73. The number of hydrogen-bond acceptors (Lipinski definition) is 6. The van der Waals surface area contributed by atoms with Gasteiger partial charge in [-0.1, -0.05) is 43.7 Å². The number of benzene rings is 1. The Kier molecular flexibility index (Phi) is 6.52. The molecule has 0 bridgehead atoms. The van der Waals surface area contributed by atoms with Gasteiger partial charge in [0.25, 0.3) is 0 Å². The van der Waals surface area contributed by atoms with E-state index < -0.39 is 0 Å². The normalized spacial score (nSPS) is 23.3. The molecule has 1 aromatic carbocycles. The third-order valence-electron chi connectivity index (χ3n) is 5.73. The summed E-state index contributed by atoms with van der Waals surface area (Å²) in [5, 5.41) is 3.29. The first-order valence-electron chi connectivity index (χ1n) is 10.5. The molecule has 0 spiro atoms. The minimum atomic E-state index is 0.520. The number of rotatable bonds is 7. The maximum atomic E-state index is 5.88. The fraction of sp³-hybridized carbons (Fsp3) is 0.545. The van der Waals surface area contributed by atoms with Crippen molar-refractivity contribution in [2.24, 2.45) is 0 Å². The first-order chi connectivity index (χ1) is 13.8. The Morgan fingerprint density at radius 3 is 2.68 bits per heavy atom. The first kappa shape index (κ1) is 19.3. The van der Waals surface area contributed by atoms with E-state index in [1.807, 2.05) is 30.6 Å². The van der Waals surface area contributed by atoms with Gasteiger partial charge in [-0.05, 0) is 12.0 Å². The predicted molar refractivity (Wildman–Crippen MR) is 111 cm³/mol. The Hall–Kier alpha value is -2.02. The van der Waals surface area contributed by atoms with Gasteiger partial charge in [-0.25, -0.2) is 9.97 Å². The van der Waals surface area contributed by atoms with E-state index in [1.54, 1.807) is 0 Å². The van der Waals surface area contributed by atoms with Crippen LogP contribution in [-0.2, 0) is 17.8 Å². The highest BCUT2D eigenvalue weighted by Crippen LogP contribution is 2.22. The molecular formula is C22H31N5O. The number of morpholine rings is 1. The van der Waals surface area contributed by atoms with Crippen LogP contribution in [0.2, 0.25) is 0 Å². The molecule has 2 atom stereocenters. The zero-order valence-corrected chi connectivity index (χ0v) is 16.8. The van der Waals surface area contributed by atoms with Gasteiger partial charge in [-0.3, -0.25) is 9.80 Å². The summed E-state index contributed by atoms with van der Waals surface area (Å²) < 4.78 is 5.88. The molecule has 2 aliphatic rings. The summed E-state index contributed by atoms with van der Waals surface area (Å²) in [5.41, 5.74) is 2.39. The highest BCUT2D eigenvalue weighted by molar-refractivity contribution is 5.27. The van der Waals surface area contributed by atoms with Crippen molar-refractivity contribution in [3.63, 3.8) is 0 Å². The number of nitrogens with one attached hydrogen (secondary N) is 1. The lowest BCUT2D eigenvalue weighted by molar-refractivity contribution is -0.0840. The predicted octanol–water partition coefficient (Wildman–Crippen LogP) is 2.77. The maximum absolute atomic E-state index is 5.88. The summed E-state index contributed by atoms with van der Waals surface area (Å²) in [6, 6.07) is 11.4. The van der Waals surface area contributed by atoms with E-state index in [0.29, 0.717) is 18.0 Å². The van der Waals surface area contributed by atoms with Gasteiger partial charge in [0, 0.05) is 62.8 Å². The number of anilines is 1. The number of fused-ring (bicyclic) bond motifs is 1. The molecule has 4 rings (SSSR count). The standard InChI is InChI=1S/C22H31N5O/c1-2-6-20-16-28-17-21-15-26(9-10-27(20)21)14-19-12-24-22(25-13-19)23-11-18-7-4-3-5-8-18/h3-5,7-8,12-13,20-21H,2,6,9-11,14-17H2,1H3,(H,23,24,25)/t20-,21+/m0/s1. The van der Waals surface area contributed by atoms with Gasteiger partial charge in [0.05, 0.1) is 13.2 Å². The number of nitrogens with zero attached hydrogens (tertiary/aromatic N) is 4. The molecule has 0 unspecified atom stereocenters. The van der Waals surface area contributed by atoms with Crippen LogP contribution in [0.25, 0.3) is 0 Å². The van der Waals surface area contributed by atoms with Crippen molar-refractivity contribution in [3.05, 3.63) is 53.9 Å². The lowest BCUT2D eigenvalue weighted by Crippen LogP contribution is -2.61. The van der Waals surface area contributed by atoms with E-state index in [0.717, 1.165) is 45.9 Å². The Labute approximate surface area is 167 Å². The van der Waals surface area contributed by atoms with Gasteiger partial charge in [-0.2, -0.15) is 0 Å². The molecule has 0 saturated carbocycles. The van der Waals surface area contributed by atoms with E-state index in [4.69, 9.17) is 4.74 Å². The molecular weight excluding hydrogens is 350 g/mol. The zero-order chi connectivity index (χ0) is 19.2. The molecule has 3 heterocycles. The number of ether oxygens (including phenoxy) is 1. The van der Waals surface area contributed by atoms with Crippen molar-refractivity contribution >= 4 is 5.95 Å². The molecule has 2 aromatic rings. The second-order valence-corrected chi connectivity index (χ2v) is 7.86. The smallest absolute Gasteiger partial charge is 0.222 e. The molecule has 1 N–H and O–H groups in total. The average molecular weight is 382 g/mol. The molecule has 2 saturated heterocycles. The second kappa shape index (κ2) is 9.45. The van der Waals surface area contributed by atoms with Gasteiger partial charge >= 0.3 is 0 Å². The SMILES string of the molecule is CCC[C@H]1COC[C@H]2CN(Cc3cnc(NCc4ccccc4)nc3)CCN12. The number of piperazine rings is 1. The average Bonchev–Trinajstić information content (AvgIpc) is 2.74. The molecule has 28 heavy (non-hydrogen) atoms. The Morgan fingerprint density at radius 1 is 1.07 bits per heavy atom. The van der Waals surface area contributed by atoms with Crippen LogP contribution in [0.1, 0.15) is 30.9 Å². The van der Waals surface area contributed by atoms with Crippen LogP contribution in [0.4, 0.5) is 5.95 Å². The molecule has 0 radical (unpaired) electrons. The zero-order valence-electron chi connectivity index (χ0n) is 16.8. The van der Waals surface area contributed by atoms with Crippen molar-refractivity contribution in [1.29, 1.82) is 0 Å². The van der Waals surface area contributed by atoms with Gasteiger partial charge in [0.15, 0.2) is 0 Å². The maximum Gasteiger partial charge on any atom is 0.222 e. The number of hydrogen-bond donors (Lipinski definition) is 1. The summed E-state index contributed by atoms with van der Waals surface area (Å²) in [4.78, 5) is 14.2. The van der Waals surface area contributed by atoms with Crippen LogP contribution in [0, 0.1) is 0 Å². The van der Waals surface area contributed by atoms with Gasteiger partial charge in [0.1, 0.15) is 0 Å². The summed E-state index contributed by atoms with van der Waals surface area (Å²) in [6.45, 7) is 8.96. The fourth-order valence-corrected chi connectivity index (χ4v) is 4.29. The molecule has 150 valence electrons. The Morgan fingerprint density at radius 2 is 1.89 bits per heavy atom. The van der Waals surface area contributed by atoms with Crippen LogP contribution in [-0.4, -0.2) is 64.7 Å². The number of aromatic nitrogens is 2. The summed E-state index contributed by atoms with van der Waals surface area (Å²) in [7, 11) is 0. The van der Waals surface area contributed by atoms with E-state index >= 15 is 0 Å². The second-order valence-electron chi connectivity index (χ2n) is 7.86. The van der Waals surface area contributed by atoms with Crippen molar-refractivity contribution in [1.82, 2.24) is 19.8 Å². The van der Waals surface area contributed by atoms with Gasteiger partial charge in [-0.15, -0.1) is 0 Å². The Balaban J connectivity index is 1.28. The van der Waals surface area contributed by atoms with Crippen molar-refractivity contribution in [2.75, 3.05) is 38.2 Å². The minimum absolute atomic E-state index is 0.520. The topological polar surface area (TPSA) is 53.5 Å². The van der Waals surface area contributed by atoms with Gasteiger partial charge in [0.2, 0.25) is 5.95 Å². The van der Waals surface area contributed by atoms with Crippen LogP contribution < -0.4 is 5.32 Å². The first-order valence-corrected chi connectivity index (χ1v) is 10.5. The molecule has 6 nitrogen and oxygen atoms in total. The van der Waals surface area contributed by atoms with Crippen molar-refractivity contribution in [3.8, 4) is 0 Å². The van der Waals surface area contributed by atoms with Crippen LogP contribution in [0.3, 0.4) is 0 Å². The van der Waals surface area contributed by atoms with E-state index in [1.165, 1.54) is 24.0 Å². The molecule has 2 fully saturated rings. The van der Waals surface area contributed by atoms with Crippen LogP contribution in [0.15, 0.2) is 42.7 Å². The van der Waals surface area contributed by atoms with Crippen molar-refractivity contribution in [2.45, 2.75) is 44.9 Å². The van der Waals surface area contributed by atoms with Crippen LogP contribution in [0.5, 0.6) is 0 Å². The largest absolute Gasteiger partial charge is 0.378 e. The lowest BCUT2D eigenvalue weighted by Gasteiger charge is -2.48. The van der Waals surface area contributed by atoms with E-state index in [-0.39, 0.29) is 0 Å². The van der Waals surface area contributed by atoms with Gasteiger partial charge < -0.3 is 10.1 Å². The molecule has 6 heteroatoms. The highest BCUT2D eigenvalue weighted by Gasteiger charge is 2.34. The molecule has 0 amide bonds. The fourth-order valence-electron chi connectivity index (χ4n) is 4.29. The molecule has 2 aliphatic heterocycles. The summed E-state index contributed by atoms with van der Waals surface area (Å²) in [6.07, 6.45) is 6.36. The molecule has 1 aromatic heterocycles. The van der Waals surface area contributed by atoms with Crippen molar-refractivity contribution < 1.29 is 4.74 Å². The minimum Gasteiger partial charge on any atom is -0.378 e. The quantitative estimate of drug-likeness (QED) is 0.796. The monoisotopic (exact) mass is 381 g/mol. The van der Waals surface area contributed by atoms with E-state index in [9.17, 15) is 0 Å². The van der Waals surface area contributed by atoms with E-state index in [2.05, 4.69) is 44.1 Å². The lowest BCUT2D eigenvalue weighted by atomic mass is 10.0.